The van der Waals surface area contributed by atoms with Gasteiger partial charge in [0.1, 0.15) is 11.9 Å². The maximum atomic E-state index is 10.8. The molecule has 0 bridgehead atoms. The van der Waals surface area contributed by atoms with Gasteiger partial charge in [0.15, 0.2) is 0 Å². The van der Waals surface area contributed by atoms with E-state index in [0.29, 0.717) is 11.7 Å². The van der Waals surface area contributed by atoms with Crippen molar-refractivity contribution in [2.24, 2.45) is 5.92 Å². The van der Waals surface area contributed by atoms with Crippen LogP contribution in [0.25, 0.3) is 0 Å². The summed E-state index contributed by atoms with van der Waals surface area (Å²) in [6.45, 7) is 6.22. The molecule has 0 saturated carbocycles. The summed E-state index contributed by atoms with van der Waals surface area (Å²) >= 11 is 5.31. The van der Waals surface area contributed by atoms with Crippen LogP contribution in [0.1, 0.15) is 33.6 Å². The minimum Gasteiger partial charge on any atom is -0.486 e. The summed E-state index contributed by atoms with van der Waals surface area (Å²) in [4.78, 5) is 10.8. The van der Waals surface area contributed by atoms with E-state index in [-0.39, 0.29) is 6.10 Å². The smallest absolute Gasteiger partial charge is 0.245 e. The fraction of sp³-hybridized carbons (Fsp3) is 0.350. The van der Waals surface area contributed by atoms with E-state index in [0.717, 1.165) is 18.4 Å². The molecule has 2 nitrogen and oxygen atoms in total. The number of ether oxygens (including phenoxy) is 1. The summed E-state index contributed by atoms with van der Waals surface area (Å²) in [5, 5.41) is -0.500. The highest BCUT2D eigenvalue weighted by Crippen LogP contribution is 2.21. The molecule has 0 radical (unpaired) electrons. The van der Waals surface area contributed by atoms with Gasteiger partial charge in [-0.25, -0.2) is 0 Å². The van der Waals surface area contributed by atoms with Crippen LogP contribution in [0.2, 0.25) is 0 Å². The van der Waals surface area contributed by atoms with Gasteiger partial charge in [-0.1, -0.05) is 62.8 Å². The molecule has 0 aromatic rings. The van der Waals surface area contributed by atoms with E-state index >= 15 is 0 Å². The minimum atomic E-state index is -0.500. The van der Waals surface area contributed by atoms with Crippen LogP contribution in [0.5, 0.6) is 0 Å². The second-order valence-electron chi connectivity index (χ2n) is 5.40. The molecule has 124 valence electrons. The van der Waals surface area contributed by atoms with E-state index in [1.807, 2.05) is 19.1 Å². The van der Waals surface area contributed by atoms with Gasteiger partial charge in [-0.15, -0.1) is 0 Å². The predicted octanol–water partition coefficient (Wildman–Crippen LogP) is 5.64. The van der Waals surface area contributed by atoms with E-state index in [2.05, 4.69) is 44.2 Å². The van der Waals surface area contributed by atoms with Crippen LogP contribution < -0.4 is 0 Å². The summed E-state index contributed by atoms with van der Waals surface area (Å²) < 4.78 is 6.16. The first-order valence-corrected chi connectivity index (χ1v) is 8.38. The molecule has 1 rings (SSSR count). The molecule has 0 aliphatic heterocycles. The number of hydrogen-bond donors (Lipinski definition) is 0. The van der Waals surface area contributed by atoms with Crippen LogP contribution in [-0.4, -0.2) is 11.3 Å². The maximum absolute atomic E-state index is 10.8. The molecule has 0 spiro atoms. The standard InChI is InChI=1S/C20H25ClO2/c1-4-8-18(12-7-13-20(21)22)23-19(9-5-2)17-11-6-10-16(3)14-15-17/h4,6-8,10-16,19H,5,9H2,1-3H3/b8-4-,13-7+,18-12+. The highest BCUT2D eigenvalue weighted by molar-refractivity contribution is 6.66. The SMILES string of the molecule is C\C=C/C(=C\C=C\C(=O)Cl)OC(CCC)C1=CC=CC(C)C=C1. The normalized spacial score (nSPS) is 19.9. The molecule has 0 heterocycles. The lowest BCUT2D eigenvalue weighted by atomic mass is 10.0. The monoisotopic (exact) mass is 332 g/mol. The van der Waals surface area contributed by atoms with Crippen molar-refractivity contribution in [3.05, 3.63) is 72.1 Å². The van der Waals surface area contributed by atoms with Gasteiger partial charge < -0.3 is 4.74 Å². The van der Waals surface area contributed by atoms with Crippen molar-refractivity contribution in [1.82, 2.24) is 0 Å². The van der Waals surface area contributed by atoms with Gasteiger partial charge in [-0.3, -0.25) is 4.79 Å². The number of hydrogen-bond acceptors (Lipinski definition) is 2. The minimum absolute atomic E-state index is 0.0197. The fourth-order valence-corrected chi connectivity index (χ4v) is 2.25. The Morgan fingerprint density at radius 3 is 2.83 bits per heavy atom. The van der Waals surface area contributed by atoms with Crippen LogP contribution in [0.4, 0.5) is 0 Å². The molecule has 0 amide bonds. The van der Waals surface area contributed by atoms with E-state index in [1.54, 1.807) is 12.2 Å². The first-order valence-electron chi connectivity index (χ1n) is 8.00. The largest absolute Gasteiger partial charge is 0.486 e. The van der Waals surface area contributed by atoms with E-state index in [4.69, 9.17) is 16.3 Å². The zero-order chi connectivity index (χ0) is 17.1. The summed E-state index contributed by atoms with van der Waals surface area (Å²) in [6.07, 6.45) is 21.0. The predicted molar refractivity (Wildman–Crippen MR) is 98.2 cm³/mol. The number of allylic oxidation sites excluding steroid dienone is 9. The molecule has 1 aliphatic carbocycles. The highest BCUT2D eigenvalue weighted by Gasteiger charge is 2.14. The third-order valence-electron chi connectivity index (χ3n) is 3.32. The molecule has 3 heteroatoms. The molecular formula is C20H25ClO2. The van der Waals surface area contributed by atoms with Crippen LogP contribution in [0.15, 0.2) is 72.1 Å². The quantitative estimate of drug-likeness (QED) is 0.249. The summed E-state index contributed by atoms with van der Waals surface area (Å²) in [7, 11) is 0. The first-order chi connectivity index (χ1) is 11.1. The third kappa shape index (κ3) is 7.85. The average molecular weight is 333 g/mol. The second kappa shape index (κ2) is 10.8. The molecule has 0 saturated heterocycles. The zero-order valence-corrected chi connectivity index (χ0v) is 14.8. The van der Waals surface area contributed by atoms with Gasteiger partial charge in [0.2, 0.25) is 5.24 Å². The maximum Gasteiger partial charge on any atom is 0.245 e. The fourth-order valence-electron chi connectivity index (χ4n) is 2.18. The van der Waals surface area contributed by atoms with E-state index < -0.39 is 5.24 Å². The molecule has 0 fully saturated rings. The zero-order valence-electron chi connectivity index (χ0n) is 14.0. The van der Waals surface area contributed by atoms with Crippen molar-refractivity contribution in [3.8, 4) is 0 Å². The van der Waals surface area contributed by atoms with Gasteiger partial charge >= 0.3 is 0 Å². The lowest BCUT2D eigenvalue weighted by Crippen LogP contribution is -2.14. The van der Waals surface area contributed by atoms with Crippen molar-refractivity contribution >= 4 is 16.8 Å². The van der Waals surface area contributed by atoms with Gasteiger partial charge in [0.05, 0.1) is 0 Å². The Balaban J connectivity index is 2.95. The molecule has 1 aliphatic rings. The Morgan fingerprint density at radius 2 is 2.17 bits per heavy atom. The van der Waals surface area contributed by atoms with Gasteiger partial charge in [-0.2, -0.15) is 0 Å². The van der Waals surface area contributed by atoms with Crippen molar-refractivity contribution < 1.29 is 9.53 Å². The van der Waals surface area contributed by atoms with Crippen molar-refractivity contribution in [2.75, 3.05) is 0 Å². The molecule has 0 aromatic carbocycles. The Morgan fingerprint density at radius 1 is 1.39 bits per heavy atom. The van der Waals surface area contributed by atoms with Crippen LogP contribution in [0.3, 0.4) is 0 Å². The van der Waals surface area contributed by atoms with E-state index in [1.165, 1.54) is 6.08 Å². The van der Waals surface area contributed by atoms with E-state index in [9.17, 15) is 4.79 Å². The number of carbonyl (C=O) groups is 1. The Hall–Kier alpha value is -1.80. The summed E-state index contributed by atoms with van der Waals surface area (Å²) in [5.74, 6) is 1.13. The molecule has 2 unspecified atom stereocenters. The van der Waals surface area contributed by atoms with Gasteiger partial charge in [0, 0.05) is 0 Å². The van der Waals surface area contributed by atoms with Gasteiger partial charge in [0.25, 0.3) is 0 Å². The Bertz CT molecular complexity index is 562. The molecule has 2 atom stereocenters. The van der Waals surface area contributed by atoms with Crippen LogP contribution >= 0.6 is 11.6 Å². The topological polar surface area (TPSA) is 26.3 Å². The molecule has 23 heavy (non-hydrogen) atoms. The Labute approximate surface area is 144 Å². The number of halogens is 1. The van der Waals surface area contributed by atoms with Crippen molar-refractivity contribution in [3.63, 3.8) is 0 Å². The third-order valence-corrected chi connectivity index (χ3v) is 3.44. The molecule has 0 aromatic heterocycles. The summed E-state index contributed by atoms with van der Waals surface area (Å²) in [5.41, 5.74) is 1.15. The number of carbonyl (C=O) groups excluding carboxylic acids is 1. The lowest BCUT2D eigenvalue weighted by Gasteiger charge is -2.20. The van der Waals surface area contributed by atoms with Crippen LogP contribution in [0, 0.1) is 5.92 Å². The summed E-state index contributed by atoms with van der Waals surface area (Å²) in [6, 6.07) is 0. The molecular weight excluding hydrogens is 308 g/mol. The van der Waals surface area contributed by atoms with Crippen LogP contribution in [-0.2, 0) is 9.53 Å². The first kappa shape index (κ1) is 19.2. The number of rotatable bonds is 8. The Kier molecular flexibility index (Phi) is 9.08. The highest BCUT2D eigenvalue weighted by atomic mass is 35.5. The second-order valence-corrected chi connectivity index (χ2v) is 5.77. The lowest BCUT2D eigenvalue weighted by molar-refractivity contribution is -0.107. The van der Waals surface area contributed by atoms with Crippen molar-refractivity contribution in [1.29, 1.82) is 0 Å². The average Bonchev–Trinajstić information content (AvgIpc) is 2.71. The van der Waals surface area contributed by atoms with Gasteiger partial charge in [-0.05, 0) is 54.7 Å². The molecule has 0 N–H and O–H groups in total. The van der Waals surface area contributed by atoms with Crippen molar-refractivity contribution in [2.45, 2.75) is 39.7 Å².